The highest BCUT2D eigenvalue weighted by molar-refractivity contribution is 7.98. The Kier molecular flexibility index (Phi) is 7.11. The van der Waals surface area contributed by atoms with Crippen molar-refractivity contribution in [2.75, 3.05) is 5.73 Å². The molecular formula is C23H19Cl2N5O2S. The molecule has 0 atom stereocenters. The lowest BCUT2D eigenvalue weighted by Crippen LogP contribution is -2.19. The summed E-state index contributed by atoms with van der Waals surface area (Å²) >= 11 is 13.4. The van der Waals surface area contributed by atoms with Crippen LogP contribution in [0.4, 0.5) is 5.82 Å². The Labute approximate surface area is 205 Å². The molecule has 10 heteroatoms. The molecule has 2 heterocycles. The van der Waals surface area contributed by atoms with Crippen molar-refractivity contribution in [1.29, 1.82) is 10.5 Å². The Hall–Kier alpha value is -2.75. The summed E-state index contributed by atoms with van der Waals surface area (Å²) in [5, 5.41) is 30.8. The Morgan fingerprint density at radius 3 is 2.48 bits per heavy atom. The molecule has 1 aromatic carbocycles. The topological polar surface area (TPSA) is 133 Å². The number of anilines is 1. The van der Waals surface area contributed by atoms with Gasteiger partial charge < -0.3 is 15.3 Å². The number of aliphatic hydroxyl groups is 1. The predicted octanol–water partition coefficient (Wildman–Crippen LogP) is 5.68. The summed E-state index contributed by atoms with van der Waals surface area (Å²) in [6.45, 7) is 0. The molecular weight excluding hydrogens is 481 g/mol. The van der Waals surface area contributed by atoms with Gasteiger partial charge in [0.2, 0.25) is 5.89 Å². The van der Waals surface area contributed by atoms with Crippen molar-refractivity contribution in [3.63, 3.8) is 0 Å². The van der Waals surface area contributed by atoms with Gasteiger partial charge in [-0.3, -0.25) is 0 Å². The van der Waals surface area contributed by atoms with Gasteiger partial charge in [-0.15, -0.1) is 0 Å². The molecule has 33 heavy (non-hydrogen) atoms. The van der Waals surface area contributed by atoms with Gasteiger partial charge in [0.25, 0.3) is 0 Å². The van der Waals surface area contributed by atoms with Crippen LogP contribution in [0.1, 0.15) is 54.0 Å². The third-order valence-electron chi connectivity index (χ3n) is 5.63. The second-order valence-electron chi connectivity index (χ2n) is 7.76. The molecule has 1 aliphatic rings. The first kappa shape index (κ1) is 23.4. The SMILES string of the molecule is N#Cc1c(N)nc(SCc2coc(-c3ccc(Cl)c(Cl)c3)n2)c(C#N)c1C1CCC(O)CC1. The molecule has 3 N–H and O–H groups in total. The van der Waals surface area contributed by atoms with Crippen LogP contribution in [0.2, 0.25) is 10.0 Å². The number of thioether (sulfide) groups is 1. The first-order valence-corrected chi connectivity index (χ1v) is 12.0. The third kappa shape index (κ3) is 4.95. The predicted molar refractivity (Wildman–Crippen MR) is 127 cm³/mol. The number of rotatable bonds is 5. The Morgan fingerprint density at radius 2 is 1.82 bits per heavy atom. The van der Waals surface area contributed by atoms with E-state index in [4.69, 9.17) is 33.4 Å². The van der Waals surface area contributed by atoms with Crippen LogP contribution in [-0.4, -0.2) is 21.2 Å². The van der Waals surface area contributed by atoms with E-state index < -0.39 is 0 Å². The maximum atomic E-state index is 9.93. The van der Waals surface area contributed by atoms with Gasteiger partial charge in [0, 0.05) is 11.3 Å². The van der Waals surface area contributed by atoms with Crippen LogP contribution >= 0.6 is 35.0 Å². The summed E-state index contributed by atoms with van der Waals surface area (Å²) in [7, 11) is 0. The summed E-state index contributed by atoms with van der Waals surface area (Å²) in [5.41, 5.74) is 8.70. The van der Waals surface area contributed by atoms with Crippen LogP contribution in [0.3, 0.4) is 0 Å². The van der Waals surface area contributed by atoms with Crippen molar-refractivity contribution in [2.45, 2.75) is 48.5 Å². The van der Waals surface area contributed by atoms with Crippen LogP contribution in [0.25, 0.3) is 11.5 Å². The highest BCUT2D eigenvalue weighted by Crippen LogP contribution is 2.40. The van der Waals surface area contributed by atoms with Crippen molar-refractivity contribution in [2.24, 2.45) is 0 Å². The normalized spacial score (nSPS) is 18.0. The molecule has 1 aliphatic carbocycles. The van der Waals surface area contributed by atoms with Gasteiger partial charge in [0.1, 0.15) is 29.2 Å². The van der Waals surface area contributed by atoms with Crippen molar-refractivity contribution < 1.29 is 9.52 Å². The van der Waals surface area contributed by atoms with Gasteiger partial charge in [-0.05, 0) is 55.4 Å². The van der Waals surface area contributed by atoms with E-state index >= 15 is 0 Å². The lowest BCUT2D eigenvalue weighted by molar-refractivity contribution is 0.122. The fourth-order valence-electron chi connectivity index (χ4n) is 3.98. The van der Waals surface area contributed by atoms with Gasteiger partial charge in [0.15, 0.2) is 0 Å². The average molecular weight is 500 g/mol. The summed E-state index contributed by atoms with van der Waals surface area (Å²) < 4.78 is 5.58. The maximum Gasteiger partial charge on any atom is 0.226 e. The zero-order valence-corrected chi connectivity index (χ0v) is 19.7. The number of nitriles is 2. The molecule has 168 valence electrons. The van der Waals surface area contributed by atoms with E-state index in [2.05, 4.69) is 22.1 Å². The first-order chi connectivity index (χ1) is 15.9. The van der Waals surface area contributed by atoms with Crippen molar-refractivity contribution in [3.8, 4) is 23.6 Å². The van der Waals surface area contributed by atoms with Crippen LogP contribution in [-0.2, 0) is 5.75 Å². The number of aromatic nitrogens is 2. The van der Waals surface area contributed by atoms with Crippen LogP contribution in [0.5, 0.6) is 0 Å². The highest BCUT2D eigenvalue weighted by Gasteiger charge is 2.29. The summed E-state index contributed by atoms with van der Waals surface area (Å²) in [4.78, 5) is 8.83. The van der Waals surface area contributed by atoms with Crippen LogP contribution < -0.4 is 5.73 Å². The summed E-state index contributed by atoms with van der Waals surface area (Å²) in [6, 6.07) is 9.47. The van der Waals surface area contributed by atoms with E-state index in [0.717, 1.165) is 0 Å². The lowest BCUT2D eigenvalue weighted by atomic mass is 9.79. The first-order valence-electron chi connectivity index (χ1n) is 10.3. The maximum absolute atomic E-state index is 9.93. The molecule has 2 aromatic heterocycles. The van der Waals surface area contributed by atoms with Crippen molar-refractivity contribution in [1.82, 2.24) is 9.97 Å². The number of hydrogen-bond donors (Lipinski definition) is 2. The quantitative estimate of drug-likeness (QED) is 0.428. The standard InChI is InChI=1S/C23H19Cl2N5O2S/c24-18-6-3-13(7-19(18)25)22-29-14(10-32-22)11-33-23-17(9-27)20(16(8-26)21(28)30-23)12-1-4-15(31)5-2-12/h3,6-7,10,12,15,31H,1-2,4-5,11H2,(H2,28,30). The van der Waals surface area contributed by atoms with Gasteiger partial charge in [-0.2, -0.15) is 10.5 Å². The smallest absolute Gasteiger partial charge is 0.226 e. The molecule has 0 bridgehead atoms. The summed E-state index contributed by atoms with van der Waals surface area (Å²) in [6.07, 6.45) is 3.82. The van der Waals surface area contributed by atoms with Gasteiger partial charge in [0.05, 0.1) is 33.0 Å². The van der Waals surface area contributed by atoms with Crippen molar-refractivity contribution in [3.05, 3.63) is 56.9 Å². The fourth-order valence-corrected chi connectivity index (χ4v) is 5.16. The minimum Gasteiger partial charge on any atom is -0.444 e. The molecule has 1 fully saturated rings. The molecule has 7 nitrogen and oxygen atoms in total. The number of benzene rings is 1. The zero-order chi connectivity index (χ0) is 23.5. The number of pyridine rings is 1. The van der Waals surface area contributed by atoms with Crippen LogP contribution in [0.15, 0.2) is 33.9 Å². The zero-order valence-electron chi connectivity index (χ0n) is 17.4. The number of hydrogen-bond acceptors (Lipinski definition) is 8. The number of nitrogens with zero attached hydrogens (tertiary/aromatic N) is 4. The Balaban J connectivity index is 1.60. The van der Waals surface area contributed by atoms with Gasteiger partial charge in [-0.1, -0.05) is 35.0 Å². The number of nitrogens with two attached hydrogens (primary N) is 1. The third-order valence-corrected chi connectivity index (χ3v) is 7.38. The average Bonchev–Trinajstić information content (AvgIpc) is 3.28. The molecule has 1 saturated carbocycles. The number of aliphatic hydroxyl groups excluding tert-OH is 1. The van der Waals surface area contributed by atoms with E-state index in [-0.39, 0.29) is 23.4 Å². The second kappa shape index (κ2) is 10.0. The molecule has 0 radical (unpaired) electrons. The van der Waals surface area contributed by atoms with E-state index in [0.29, 0.717) is 74.8 Å². The van der Waals surface area contributed by atoms with E-state index in [1.165, 1.54) is 18.0 Å². The van der Waals surface area contributed by atoms with Gasteiger partial charge >= 0.3 is 0 Å². The number of halogens is 2. The molecule has 4 rings (SSSR count). The van der Waals surface area contributed by atoms with E-state index in [1.54, 1.807) is 18.2 Å². The second-order valence-corrected chi connectivity index (χ2v) is 9.53. The van der Waals surface area contributed by atoms with E-state index in [1.807, 2.05) is 0 Å². The Morgan fingerprint density at radius 1 is 1.09 bits per heavy atom. The number of oxazole rings is 1. The molecule has 0 spiro atoms. The number of nitrogen functional groups attached to an aromatic ring is 1. The largest absolute Gasteiger partial charge is 0.444 e. The lowest BCUT2D eigenvalue weighted by Gasteiger charge is -2.27. The highest BCUT2D eigenvalue weighted by atomic mass is 35.5. The summed E-state index contributed by atoms with van der Waals surface area (Å²) in [5.74, 6) is 0.881. The minimum absolute atomic E-state index is 0.0179. The van der Waals surface area contributed by atoms with Crippen LogP contribution in [0, 0.1) is 22.7 Å². The molecule has 3 aromatic rings. The fraction of sp³-hybridized carbons (Fsp3) is 0.304. The molecule has 0 saturated heterocycles. The Bertz CT molecular complexity index is 1270. The molecule has 0 amide bonds. The van der Waals surface area contributed by atoms with E-state index in [9.17, 15) is 15.6 Å². The molecule has 0 aliphatic heterocycles. The van der Waals surface area contributed by atoms with Gasteiger partial charge in [-0.25, -0.2) is 9.97 Å². The monoisotopic (exact) mass is 499 g/mol. The minimum atomic E-state index is -0.345. The van der Waals surface area contributed by atoms with Crippen molar-refractivity contribution >= 4 is 40.8 Å². The molecule has 0 unspecified atom stereocenters.